The highest BCUT2D eigenvalue weighted by Gasteiger charge is 2.10. The molecule has 0 aliphatic carbocycles. The lowest BCUT2D eigenvalue weighted by atomic mass is 10.1. The van der Waals surface area contributed by atoms with Gasteiger partial charge in [-0.2, -0.15) is 0 Å². The summed E-state index contributed by atoms with van der Waals surface area (Å²) in [6.45, 7) is 6.50. The maximum atomic E-state index is 4.25. The molecule has 7 nitrogen and oxygen atoms in total. The molecule has 6 rings (SSSR count). The van der Waals surface area contributed by atoms with Crippen LogP contribution < -0.4 is 32.3 Å². The van der Waals surface area contributed by atoms with E-state index in [0.29, 0.717) is 6.04 Å². The normalized spacial score (nSPS) is 11.7. The van der Waals surface area contributed by atoms with Gasteiger partial charge >= 0.3 is 0 Å². The van der Waals surface area contributed by atoms with Crippen LogP contribution in [-0.2, 0) is 0 Å². The van der Waals surface area contributed by atoms with Gasteiger partial charge in [0.1, 0.15) is 0 Å². The van der Waals surface area contributed by atoms with E-state index in [9.17, 15) is 0 Å². The smallest absolute Gasteiger partial charge is 0.201 e. The topological polar surface area (TPSA) is 85.1 Å². The van der Waals surface area contributed by atoms with Gasteiger partial charge in [-0.05, 0) is 68.3 Å². The molecule has 6 N–H and O–H groups in total. The van der Waals surface area contributed by atoms with Crippen molar-refractivity contribution in [1.82, 2.24) is 4.98 Å². The first-order valence-electron chi connectivity index (χ1n) is 14.2. The first-order valence-corrected chi connectivity index (χ1v) is 15.1. The predicted molar refractivity (Wildman–Crippen MR) is 182 cm³/mol. The van der Waals surface area contributed by atoms with Gasteiger partial charge in [0.2, 0.25) is 5.13 Å². The van der Waals surface area contributed by atoms with Gasteiger partial charge in [-0.15, -0.1) is 11.3 Å². The third kappa shape index (κ3) is 5.89. The van der Waals surface area contributed by atoms with Crippen molar-refractivity contribution < 1.29 is 0 Å². The van der Waals surface area contributed by atoms with Gasteiger partial charge in [0.05, 0.1) is 17.1 Å². The highest BCUT2D eigenvalue weighted by atomic mass is 32.1. The average molecular weight is 574 g/mol. The molecule has 1 atom stereocenters. The van der Waals surface area contributed by atoms with E-state index in [1.54, 1.807) is 17.5 Å². The van der Waals surface area contributed by atoms with E-state index in [1.807, 2.05) is 5.38 Å². The summed E-state index contributed by atoms with van der Waals surface area (Å²) >= 11 is 1.55. The zero-order chi connectivity index (χ0) is 28.9. The van der Waals surface area contributed by atoms with Crippen LogP contribution in [0.5, 0.6) is 0 Å². The first kappa shape index (κ1) is 27.2. The van der Waals surface area contributed by atoms with Gasteiger partial charge in [-0.25, -0.2) is 4.98 Å². The van der Waals surface area contributed by atoms with Crippen LogP contribution in [0.1, 0.15) is 25.8 Å². The van der Waals surface area contributed by atoms with Gasteiger partial charge in [-0.1, -0.05) is 55.5 Å². The summed E-state index contributed by atoms with van der Waals surface area (Å²) in [4.78, 5) is 4.25. The highest BCUT2D eigenvalue weighted by molar-refractivity contribution is 7.13. The van der Waals surface area contributed by atoms with Crippen LogP contribution in [0.25, 0.3) is 21.5 Å². The Hall–Kier alpha value is -4.95. The summed E-state index contributed by atoms with van der Waals surface area (Å²) in [5.74, 6) is 0. The largest absolute Gasteiger partial charge is 0.382 e. The van der Waals surface area contributed by atoms with E-state index in [2.05, 4.69) is 149 Å². The molecule has 0 amide bonds. The minimum atomic E-state index is 0.410. The quantitative estimate of drug-likeness (QED) is 0.0861. The van der Waals surface area contributed by atoms with Crippen molar-refractivity contribution in [1.29, 1.82) is 0 Å². The number of hydrazine groups is 2. The second-order valence-corrected chi connectivity index (χ2v) is 11.3. The molecular formula is C34H35N7S. The summed E-state index contributed by atoms with van der Waals surface area (Å²) < 4.78 is 0. The minimum Gasteiger partial charge on any atom is -0.382 e. The molecule has 0 aliphatic rings. The van der Waals surface area contributed by atoms with Gasteiger partial charge in [0.25, 0.3) is 0 Å². The second kappa shape index (κ2) is 12.3. The summed E-state index contributed by atoms with van der Waals surface area (Å²) in [5.41, 5.74) is 20.7. The number of anilines is 7. The maximum absolute atomic E-state index is 4.25. The molecule has 1 unspecified atom stereocenters. The van der Waals surface area contributed by atoms with E-state index in [4.69, 9.17) is 0 Å². The average Bonchev–Trinajstić information content (AvgIpc) is 3.55. The standard InChI is InChI=1S/C34H35N7S/c1-4-23(3)36-30-15-17-32(27-11-7-5-9-25(27)30)39-40-33-18-16-31(26-10-6-8-12-28(26)33)37-24-13-14-29(22(2)21-24)38-41-34-35-19-20-42-34/h5-21,23,36-40H,4H2,1-3H3,(H,35,41). The summed E-state index contributed by atoms with van der Waals surface area (Å²) in [7, 11) is 0. The van der Waals surface area contributed by atoms with Crippen molar-refractivity contribution in [2.75, 3.05) is 32.3 Å². The minimum absolute atomic E-state index is 0.410. The zero-order valence-electron chi connectivity index (χ0n) is 24.0. The van der Waals surface area contributed by atoms with E-state index in [-0.39, 0.29) is 0 Å². The van der Waals surface area contributed by atoms with Crippen LogP contribution in [-0.4, -0.2) is 11.0 Å². The lowest BCUT2D eigenvalue weighted by Gasteiger charge is -2.19. The fourth-order valence-corrected chi connectivity index (χ4v) is 5.48. The van der Waals surface area contributed by atoms with Crippen molar-refractivity contribution in [3.05, 3.63) is 108 Å². The number of hydrogen-bond donors (Lipinski definition) is 6. The Labute approximate surface area is 250 Å². The molecule has 6 aromatic rings. The molecule has 0 aliphatic heterocycles. The molecule has 0 radical (unpaired) electrons. The summed E-state index contributed by atoms with van der Waals surface area (Å²) in [6.07, 6.45) is 2.85. The van der Waals surface area contributed by atoms with E-state index >= 15 is 0 Å². The number of rotatable bonds is 11. The molecular weight excluding hydrogens is 538 g/mol. The van der Waals surface area contributed by atoms with E-state index < -0.39 is 0 Å². The third-order valence-electron chi connectivity index (χ3n) is 7.44. The SMILES string of the molecule is CCC(C)Nc1ccc(NNc2ccc(Nc3ccc(NNc4nccs4)c(C)c3)c3ccccc23)c2ccccc12. The number of hydrogen-bond acceptors (Lipinski definition) is 8. The molecule has 1 aromatic heterocycles. The van der Waals surface area contributed by atoms with Crippen molar-refractivity contribution in [3.8, 4) is 0 Å². The Morgan fingerprint density at radius 2 is 1.21 bits per heavy atom. The molecule has 0 spiro atoms. The van der Waals surface area contributed by atoms with Gasteiger partial charge in [-0.3, -0.25) is 10.9 Å². The molecule has 212 valence electrons. The molecule has 5 aromatic carbocycles. The molecule has 42 heavy (non-hydrogen) atoms. The summed E-state index contributed by atoms with van der Waals surface area (Å²) in [6, 6.07) is 32.1. The van der Waals surface area contributed by atoms with E-state index in [0.717, 1.165) is 67.4 Å². The Bertz CT molecular complexity index is 1820. The van der Waals surface area contributed by atoms with Crippen LogP contribution >= 0.6 is 11.3 Å². The highest BCUT2D eigenvalue weighted by Crippen LogP contribution is 2.34. The number of benzene rings is 5. The number of aryl methyl sites for hydroxylation is 1. The Morgan fingerprint density at radius 1 is 0.667 bits per heavy atom. The Morgan fingerprint density at radius 3 is 1.81 bits per heavy atom. The molecule has 0 saturated heterocycles. The lowest BCUT2D eigenvalue weighted by Crippen LogP contribution is -2.14. The number of nitrogens with one attached hydrogen (secondary N) is 6. The first-order chi connectivity index (χ1) is 20.6. The van der Waals surface area contributed by atoms with Crippen LogP contribution in [0.2, 0.25) is 0 Å². The molecule has 0 fully saturated rings. The number of nitrogens with zero attached hydrogens (tertiary/aromatic N) is 1. The van der Waals surface area contributed by atoms with E-state index in [1.165, 1.54) is 5.39 Å². The number of aromatic nitrogens is 1. The van der Waals surface area contributed by atoms with Crippen molar-refractivity contribution in [2.24, 2.45) is 0 Å². The van der Waals surface area contributed by atoms with Gasteiger partial charge < -0.3 is 21.5 Å². The fraction of sp³-hybridized carbons (Fsp3) is 0.147. The second-order valence-electron chi connectivity index (χ2n) is 10.4. The van der Waals surface area contributed by atoms with Crippen LogP contribution in [0.3, 0.4) is 0 Å². The van der Waals surface area contributed by atoms with Crippen LogP contribution in [0.4, 0.5) is 39.3 Å². The van der Waals surface area contributed by atoms with Crippen molar-refractivity contribution >= 4 is 72.1 Å². The van der Waals surface area contributed by atoms with Gasteiger partial charge in [0, 0.05) is 56.2 Å². The summed E-state index contributed by atoms with van der Waals surface area (Å²) in [5, 5.41) is 14.6. The molecule has 0 bridgehead atoms. The maximum Gasteiger partial charge on any atom is 0.201 e. The fourth-order valence-electron chi connectivity index (χ4n) is 5.00. The number of thiazole rings is 1. The number of fused-ring (bicyclic) bond motifs is 2. The predicted octanol–water partition coefficient (Wildman–Crippen LogP) is 9.59. The Balaban J connectivity index is 1.21. The molecule has 1 heterocycles. The molecule has 0 saturated carbocycles. The Kier molecular flexibility index (Phi) is 7.96. The van der Waals surface area contributed by atoms with Crippen molar-refractivity contribution in [3.63, 3.8) is 0 Å². The van der Waals surface area contributed by atoms with Crippen LogP contribution in [0.15, 0.2) is 103 Å². The molecule has 8 heteroatoms. The lowest BCUT2D eigenvalue weighted by molar-refractivity contribution is 0.765. The monoisotopic (exact) mass is 573 g/mol. The van der Waals surface area contributed by atoms with Gasteiger partial charge in [0.15, 0.2) is 0 Å². The van der Waals surface area contributed by atoms with Crippen LogP contribution in [0, 0.1) is 6.92 Å². The zero-order valence-corrected chi connectivity index (χ0v) is 24.8. The van der Waals surface area contributed by atoms with Crippen molar-refractivity contribution in [2.45, 2.75) is 33.2 Å². The third-order valence-corrected chi connectivity index (χ3v) is 8.12.